The second-order valence-corrected chi connectivity index (χ2v) is 3.16. The largest absolute Gasteiger partial charge is 0.384 e. The summed E-state index contributed by atoms with van der Waals surface area (Å²) in [7, 11) is 0. The lowest BCUT2D eigenvalue weighted by Crippen LogP contribution is -2.20. The van der Waals surface area contributed by atoms with Crippen molar-refractivity contribution in [3.05, 3.63) is 30.0 Å². The number of nitrogens with one attached hydrogen (secondary N) is 1. The summed E-state index contributed by atoms with van der Waals surface area (Å²) in [6, 6.07) is 5.48. The predicted molar refractivity (Wildman–Crippen MR) is 61.0 cm³/mol. The molecule has 0 fully saturated rings. The van der Waals surface area contributed by atoms with Crippen LogP contribution in [0.1, 0.15) is 19.0 Å². The standard InChI is InChI=1S/C11H15N3O/c1-9(15)13-8-3-2-5-10-6-4-7-11(12)14-10/h2,4-7H,3,8H2,1H3,(H2,12,14)(H,13,15). The molecule has 4 nitrogen and oxygen atoms in total. The molecule has 15 heavy (non-hydrogen) atoms. The van der Waals surface area contributed by atoms with Gasteiger partial charge in [-0.05, 0) is 24.6 Å². The van der Waals surface area contributed by atoms with Crippen LogP contribution in [0, 0.1) is 0 Å². The van der Waals surface area contributed by atoms with Crippen LogP contribution in [-0.4, -0.2) is 17.4 Å². The van der Waals surface area contributed by atoms with Gasteiger partial charge in [0, 0.05) is 13.5 Å². The van der Waals surface area contributed by atoms with Gasteiger partial charge in [-0.15, -0.1) is 0 Å². The number of pyridine rings is 1. The van der Waals surface area contributed by atoms with Crippen LogP contribution in [0.3, 0.4) is 0 Å². The lowest BCUT2D eigenvalue weighted by atomic mass is 10.3. The van der Waals surface area contributed by atoms with E-state index in [-0.39, 0.29) is 5.91 Å². The molecule has 0 saturated carbocycles. The van der Waals surface area contributed by atoms with Crippen LogP contribution in [-0.2, 0) is 4.79 Å². The molecule has 3 N–H and O–H groups in total. The highest BCUT2D eigenvalue weighted by atomic mass is 16.1. The third-order valence-corrected chi connectivity index (χ3v) is 1.77. The van der Waals surface area contributed by atoms with Gasteiger partial charge in [0.15, 0.2) is 0 Å². The zero-order valence-corrected chi connectivity index (χ0v) is 8.73. The molecule has 1 rings (SSSR count). The van der Waals surface area contributed by atoms with Gasteiger partial charge in [0.05, 0.1) is 5.69 Å². The molecule has 1 aromatic rings. The van der Waals surface area contributed by atoms with Crippen molar-refractivity contribution in [3.8, 4) is 0 Å². The van der Waals surface area contributed by atoms with E-state index in [0.717, 1.165) is 12.1 Å². The van der Waals surface area contributed by atoms with Gasteiger partial charge < -0.3 is 11.1 Å². The van der Waals surface area contributed by atoms with E-state index in [1.165, 1.54) is 6.92 Å². The van der Waals surface area contributed by atoms with Crippen LogP contribution < -0.4 is 11.1 Å². The Morgan fingerprint density at radius 2 is 2.40 bits per heavy atom. The first-order valence-electron chi connectivity index (χ1n) is 4.82. The topological polar surface area (TPSA) is 68.0 Å². The van der Waals surface area contributed by atoms with Gasteiger partial charge in [0.25, 0.3) is 0 Å². The number of nitrogens with two attached hydrogens (primary N) is 1. The molecule has 1 amide bonds. The maximum Gasteiger partial charge on any atom is 0.216 e. The Kier molecular flexibility index (Phi) is 4.34. The Bertz CT molecular complexity index is 361. The number of nitrogen functional groups attached to an aromatic ring is 1. The van der Waals surface area contributed by atoms with E-state index in [1.54, 1.807) is 6.07 Å². The number of hydrogen-bond acceptors (Lipinski definition) is 3. The number of hydrogen-bond donors (Lipinski definition) is 2. The summed E-state index contributed by atoms with van der Waals surface area (Å²) in [6.45, 7) is 2.15. The smallest absolute Gasteiger partial charge is 0.216 e. The minimum Gasteiger partial charge on any atom is -0.384 e. The van der Waals surface area contributed by atoms with E-state index in [9.17, 15) is 4.79 Å². The minimum absolute atomic E-state index is 0.00881. The Hall–Kier alpha value is -1.84. The highest BCUT2D eigenvalue weighted by Crippen LogP contribution is 2.02. The second kappa shape index (κ2) is 5.80. The van der Waals surface area contributed by atoms with E-state index in [1.807, 2.05) is 24.3 Å². The molecule has 0 bridgehead atoms. The number of aromatic nitrogens is 1. The first kappa shape index (κ1) is 11.2. The fourth-order valence-electron chi connectivity index (χ4n) is 1.10. The van der Waals surface area contributed by atoms with Crippen LogP contribution in [0.2, 0.25) is 0 Å². The van der Waals surface area contributed by atoms with Gasteiger partial charge in [0.1, 0.15) is 5.82 Å². The average molecular weight is 205 g/mol. The zero-order valence-electron chi connectivity index (χ0n) is 8.73. The first-order chi connectivity index (χ1) is 7.18. The van der Waals surface area contributed by atoms with Crippen molar-refractivity contribution in [2.45, 2.75) is 13.3 Å². The fourth-order valence-corrected chi connectivity index (χ4v) is 1.10. The maximum absolute atomic E-state index is 10.6. The van der Waals surface area contributed by atoms with E-state index >= 15 is 0 Å². The van der Waals surface area contributed by atoms with Crippen molar-refractivity contribution in [3.63, 3.8) is 0 Å². The summed E-state index contributed by atoms with van der Waals surface area (Å²) in [6.07, 6.45) is 4.63. The number of amides is 1. The number of nitrogens with zero attached hydrogens (tertiary/aromatic N) is 1. The highest BCUT2D eigenvalue weighted by Gasteiger charge is 1.90. The molecule has 1 heterocycles. The molecule has 0 aliphatic carbocycles. The Labute approximate surface area is 89.2 Å². The normalized spacial score (nSPS) is 10.5. The molecular formula is C11H15N3O. The van der Waals surface area contributed by atoms with Crippen LogP contribution in [0.25, 0.3) is 6.08 Å². The van der Waals surface area contributed by atoms with Gasteiger partial charge >= 0.3 is 0 Å². The molecule has 0 unspecified atom stereocenters. The minimum atomic E-state index is -0.00881. The summed E-state index contributed by atoms with van der Waals surface area (Å²) >= 11 is 0. The van der Waals surface area contributed by atoms with Crippen molar-refractivity contribution in [1.29, 1.82) is 0 Å². The summed E-state index contributed by atoms with van der Waals surface area (Å²) in [5, 5.41) is 2.71. The van der Waals surface area contributed by atoms with E-state index < -0.39 is 0 Å². The average Bonchev–Trinajstić information content (AvgIpc) is 2.17. The van der Waals surface area contributed by atoms with Crippen LogP contribution in [0.15, 0.2) is 24.3 Å². The molecule has 0 radical (unpaired) electrons. The Morgan fingerprint density at radius 1 is 1.60 bits per heavy atom. The summed E-state index contributed by atoms with van der Waals surface area (Å²) < 4.78 is 0. The molecule has 0 spiro atoms. The van der Waals surface area contributed by atoms with E-state index in [0.29, 0.717) is 12.4 Å². The second-order valence-electron chi connectivity index (χ2n) is 3.16. The number of carbonyl (C=O) groups excluding carboxylic acids is 1. The van der Waals surface area contributed by atoms with Gasteiger partial charge in [-0.25, -0.2) is 4.98 Å². The lowest BCUT2D eigenvalue weighted by Gasteiger charge is -1.97. The predicted octanol–water partition coefficient (Wildman–Crippen LogP) is 1.20. The lowest BCUT2D eigenvalue weighted by molar-refractivity contribution is -0.118. The van der Waals surface area contributed by atoms with Gasteiger partial charge in [-0.1, -0.05) is 12.1 Å². The maximum atomic E-state index is 10.6. The monoisotopic (exact) mass is 205 g/mol. The number of anilines is 1. The number of rotatable bonds is 4. The van der Waals surface area contributed by atoms with Crippen molar-refractivity contribution in [2.24, 2.45) is 0 Å². The summed E-state index contributed by atoms with van der Waals surface area (Å²) in [5.41, 5.74) is 6.36. The van der Waals surface area contributed by atoms with E-state index in [2.05, 4.69) is 10.3 Å². The van der Waals surface area contributed by atoms with Crippen molar-refractivity contribution >= 4 is 17.8 Å². The third kappa shape index (κ3) is 4.81. The van der Waals surface area contributed by atoms with Crippen molar-refractivity contribution in [2.75, 3.05) is 12.3 Å². The molecule has 0 saturated heterocycles. The van der Waals surface area contributed by atoms with Crippen molar-refractivity contribution in [1.82, 2.24) is 10.3 Å². The molecule has 0 aliphatic heterocycles. The molecule has 0 aromatic carbocycles. The van der Waals surface area contributed by atoms with Crippen molar-refractivity contribution < 1.29 is 4.79 Å². The third-order valence-electron chi connectivity index (χ3n) is 1.77. The quantitative estimate of drug-likeness (QED) is 0.726. The van der Waals surface area contributed by atoms with Gasteiger partial charge in [0.2, 0.25) is 5.91 Å². The van der Waals surface area contributed by atoms with Crippen LogP contribution >= 0.6 is 0 Å². The Balaban J connectivity index is 2.35. The highest BCUT2D eigenvalue weighted by molar-refractivity contribution is 5.72. The Morgan fingerprint density at radius 3 is 3.07 bits per heavy atom. The first-order valence-corrected chi connectivity index (χ1v) is 4.82. The summed E-state index contributed by atoms with van der Waals surface area (Å²) in [4.78, 5) is 14.7. The van der Waals surface area contributed by atoms with Crippen LogP contribution in [0.5, 0.6) is 0 Å². The summed E-state index contributed by atoms with van der Waals surface area (Å²) in [5.74, 6) is 0.504. The SMILES string of the molecule is CC(=O)NCCC=Cc1cccc(N)n1. The number of carbonyl (C=O) groups is 1. The molecule has 4 heteroatoms. The molecule has 0 aliphatic rings. The molecule has 0 atom stereocenters. The zero-order chi connectivity index (χ0) is 11.1. The molecule has 1 aromatic heterocycles. The molecule has 80 valence electrons. The van der Waals surface area contributed by atoms with Gasteiger partial charge in [-0.3, -0.25) is 4.79 Å². The molecular weight excluding hydrogens is 190 g/mol. The van der Waals surface area contributed by atoms with E-state index in [4.69, 9.17) is 5.73 Å². The van der Waals surface area contributed by atoms with Gasteiger partial charge in [-0.2, -0.15) is 0 Å². The fraction of sp³-hybridized carbons (Fsp3) is 0.273. The van der Waals surface area contributed by atoms with Crippen LogP contribution in [0.4, 0.5) is 5.82 Å².